The molecular weight excluding hydrogens is 257 g/mol. The maximum Gasteiger partial charge on any atom is 0.340 e. The Morgan fingerprint density at radius 1 is 1.42 bits per heavy atom. The van der Waals surface area contributed by atoms with E-state index in [1.165, 1.54) is 18.2 Å². The summed E-state index contributed by atoms with van der Waals surface area (Å²) in [5, 5.41) is 19.3. The van der Waals surface area contributed by atoms with Crippen molar-refractivity contribution in [3.63, 3.8) is 0 Å². The molecule has 7 heteroatoms. The smallest absolute Gasteiger partial charge is 0.340 e. The molecule has 1 rings (SSSR count). The van der Waals surface area contributed by atoms with Crippen molar-refractivity contribution in [3.8, 4) is 0 Å². The number of aliphatic hydroxyl groups is 2. The lowest BCUT2D eigenvalue weighted by Gasteiger charge is -2.18. The van der Waals surface area contributed by atoms with Crippen LogP contribution in [-0.2, 0) is 9.53 Å². The van der Waals surface area contributed by atoms with Gasteiger partial charge in [0.05, 0.1) is 25.2 Å². The molecule has 1 aromatic rings. The zero-order chi connectivity index (χ0) is 14.6. The van der Waals surface area contributed by atoms with Crippen LogP contribution in [0, 0.1) is 5.82 Å². The van der Waals surface area contributed by atoms with Crippen LogP contribution >= 0.6 is 0 Å². The molecule has 1 amide bonds. The van der Waals surface area contributed by atoms with E-state index in [0.717, 1.165) is 7.11 Å². The second kappa shape index (κ2) is 6.26. The predicted molar refractivity (Wildman–Crippen MR) is 62.5 cm³/mol. The quantitative estimate of drug-likeness (QED) is 0.647. The van der Waals surface area contributed by atoms with Crippen LogP contribution in [0.4, 0.5) is 4.39 Å². The lowest BCUT2D eigenvalue weighted by Crippen LogP contribution is -2.26. The molecule has 0 saturated carbocycles. The van der Waals surface area contributed by atoms with Crippen molar-refractivity contribution >= 4 is 11.9 Å². The minimum absolute atomic E-state index is 0.309. The van der Waals surface area contributed by atoms with Gasteiger partial charge in [0, 0.05) is 5.56 Å². The van der Waals surface area contributed by atoms with Gasteiger partial charge in [-0.3, -0.25) is 4.79 Å². The molecule has 0 spiro atoms. The fourth-order valence-electron chi connectivity index (χ4n) is 1.57. The molecule has 0 aliphatic rings. The van der Waals surface area contributed by atoms with Gasteiger partial charge in [0.15, 0.2) is 0 Å². The van der Waals surface area contributed by atoms with E-state index in [4.69, 9.17) is 5.73 Å². The Hall–Kier alpha value is -1.99. The van der Waals surface area contributed by atoms with Crippen LogP contribution in [0.5, 0.6) is 0 Å². The van der Waals surface area contributed by atoms with Gasteiger partial charge >= 0.3 is 5.97 Å². The summed E-state index contributed by atoms with van der Waals surface area (Å²) in [6.07, 6.45) is -3.75. The predicted octanol–water partition coefficient (Wildman–Crippen LogP) is -0.118. The number of hydrogen-bond acceptors (Lipinski definition) is 5. The van der Waals surface area contributed by atoms with Crippen molar-refractivity contribution in [3.05, 3.63) is 35.1 Å². The first-order valence-electron chi connectivity index (χ1n) is 5.39. The molecule has 2 atom stereocenters. The van der Waals surface area contributed by atoms with Crippen LogP contribution in [0.25, 0.3) is 0 Å². The number of amides is 1. The SMILES string of the molecule is COC(=O)c1cccc(C(O)C(O)CC(N)=O)c1F. The summed E-state index contributed by atoms with van der Waals surface area (Å²) >= 11 is 0. The third-order valence-corrected chi connectivity index (χ3v) is 2.53. The highest BCUT2D eigenvalue weighted by Crippen LogP contribution is 2.24. The van der Waals surface area contributed by atoms with Crippen LogP contribution in [-0.4, -0.2) is 35.3 Å². The van der Waals surface area contributed by atoms with Gasteiger partial charge in [-0.15, -0.1) is 0 Å². The Balaban J connectivity index is 3.07. The average molecular weight is 271 g/mol. The molecule has 104 valence electrons. The topological polar surface area (TPSA) is 110 Å². The monoisotopic (exact) mass is 271 g/mol. The van der Waals surface area contributed by atoms with Gasteiger partial charge in [-0.1, -0.05) is 12.1 Å². The lowest BCUT2D eigenvalue weighted by molar-refractivity contribution is -0.121. The number of benzene rings is 1. The first-order chi connectivity index (χ1) is 8.88. The maximum absolute atomic E-state index is 14.0. The highest BCUT2D eigenvalue weighted by atomic mass is 19.1. The molecule has 0 aliphatic carbocycles. The van der Waals surface area contributed by atoms with Crippen LogP contribution in [0.15, 0.2) is 18.2 Å². The molecule has 1 aromatic carbocycles. The van der Waals surface area contributed by atoms with Crippen molar-refractivity contribution in [2.75, 3.05) is 7.11 Å². The van der Waals surface area contributed by atoms with Crippen molar-refractivity contribution in [2.24, 2.45) is 5.73 Å². The fraction of sp³-hybridized carbons (Fsp3) is 0.333. The number of carbonyl (C=O) groups is 2. The third kappa shape index (κ3) is 3.49. The highest BCUT2D eigenvalue weighted by molar-refractivity contribution is 5.89. The molecule has 2 unspecified atom stereocenters. The number of rotatable bonds is 5. The van der Waals surface area contributed by atoms with Crippen molar-refractivity contribution in [1.29, 1.82) is 0 Å². The number of primary amides is 1. The van der Waals surface area contributed by atoms with E-state index in [0.29, 0.717) is 0 Å². The van der Waals surface area contributed by atoms with Gasteiger partial charge in [0.1, 0.15) is 11.9 Å². The number of hydrogen-bond donors (Lipinski definition) is 3. The van der Waals surface area contributed by atoms with Crippen LogP contribution in [0.2, 0.25) is 0 Å². The zero-order valence-electron chi connectivity index (χ0n) is 10.2. The molecule has 0 aromatic heterocycles. The van der Waals surface area contributed by atoms with E-state index >= 15 is 0 Å². The largest absolute Gasteiger partial charge is 0.465 e. The number of carbonyl (C=O) groups excluding carboxylic acids is 2. The Morgan fingerprint density at radius 2 is 2.05 bits per heavy atom. The lowest BCUT2D eigenvalue weighted by atomic mass is 9.99. The second-order valence-corrected chi connectivity index (χ2v) is 3.88. The number of halogens is 1. The van der Waals surface area contributed by atoms with E-state index in [2.05, 4.69) is 4.74 Å². The highest BCUT2D eigenvalue weighted by Gasteiger charge is 2.26. The Morgan fingerprint density at radius 3 is 2.58 bits per heavy atom. The van der Waals surface area contributed by atoms with E-state index < -0.39 is 36.3 Å². The fourth-order valence-corrected chi connectivity index (χ4v) is 1.57. The van der Waals surface area contributed by atoms with E-state index in [1.807, 2.05) is 0 Å². The normalized spacial score (nSPS) is 13.7. The summed E-state index contributed by atoms with van der Waals surface area (Å²) in [5.74, 6) is -2.75. The molecule has 0 saturated heterocycles. The van der Waals surface area contributed by atoms with Gasteiger partial charge in [0.2, 0.25) is 5.91 Å². The van der Waals surface area contributed by atoms with Crippen LogP contribution in [0.3, 0.4) is 0 Å². The van der Waals surface area contributed by atoms with E-state index in [1.54, 1.807) is 0 Å². The molecular formula is C12H14FNO5. The standard InChI is InChI=1S/C12H14FNO5/c1-19-12(18)7-4-2-3-6(10(7)13)11(17)8(15)5-9(14)16/h2-4,8,11,15,17H,5H2,1H3,(H2,14,16). The van der Waals surface area contributed by atoms with Crippen LogP contribution < -0.4 is 5.73 Å². The molecule has 6 nitrogen and oxygen atoms in total. The van der Waals surface area contributed by atoms with Gasteiger partial charge in [-0.25, -0.2) is 9.18 Å². The summed E-state index contributed by atoms with van der Waals surface area (Å²) in [5.41, 5.74) is 4.19. The number of aliphatic hydroxyl groups excluding tert-OH is 2. The average Bonchev–Trinajstić information content (AvgIpc) is 2.36. The first-order valence-corrected chi connectivity index (χ1v) is 5.39. The molecule has 0 bridgehead atoms. The van der Waals surface area contributed by atoms with Crippen LogP contribution in [0.1, 0.15) is 28.4 Å². The maximum atomic E-state index is 14.0. The van der Waals surface area contributed by atoms with Crippen molar-refractivity contribution in [2.45, 2.75) is 18.6 Å². The number of nitrogens with two attached hydrogens (primary N) is 1. The summed E-state index contributed by atoms with van der Waals surface area (Å²) in [4.78, 5) is 21.9. The molecule has 0 fully saturated rings. The number of ether oxygens (including phenoxy) is 1. The third-order valence-electron chi connectivity index (χ3n) is 2.53. The van der Waals surface area contributed by atoms with Gasteiger partial charge in [-0.05, 0) is 6.07 Å². The summed E-state index contributed by atoms with van der Waals surface area (Å²) < 4.78 is 18.3. The molecule has 0 aliphatic heterocycles. The summed E-state index contributed by atoms with van der Waals surface area (Å²) in [6, 6.07) is 3.69. The van der Waals surface area contributed by atoms with Crippen molar-refractivity contribution < 1.29 is 28.9 Å². The Bertz CT molecular complexity index is 491. The second-order valence-electron chi connectivity index (χ2n) is 3.88. The molecule has 19 heavy (non-hydrogen) atoms. The Kier molecular flexibility index (Phi) is 4.96. The van der Waals surface area contributed by atoms with E-state index in [-0.39, 0.29) is 11.1 Å². The summed E-state index contributed by atoms with van der Waals surface area (Å²) in [7, 11) is 1.09. The van der Waals surface area contributed by atoms with E-state index in [9.17, 15) is 24.2 Å². The van der Waals surface area contributed by atoms with Gasteiger partial charge in [-0.2, -0.15) is 0 Å². The summed E-state index contributed by atoms with van der Waals surface area (Å²) in [6.45, 7) is 0. The number of methoxy groups -OCH3 is 1. The van der Waals surface area contributed by atoms with Gasteiger partial charge < -0.3 is 20.7 Å². The minimum Gasteiger partial charge on any atom is -0.465 e. The molecule has 0 heterocycles. The Labute approximate surface area is 108 Å². The molecule has 4 N–H and O–H groups in total. The minimum atomic E-state index is -1.67. The molecule has 0 radical (unpaired) electrons. The number of esters is 1. The first kappa shape index (κ1) is 15.1. The van der Waals surface area contributed by atoms with Gasteiger partial charge in [0.25, 0.3) is 0 Å². The zero-order valence-corrected chi connectivity index (χ0v) is 10.2. The van der Waals surface area contributed by atoms with Crippen molar-refractivity contribution in [1.82, 2.24) is 0 Å².